The van der Waals surface area contributed by atoms with E-state index < -0.39 is 8.32 Å². The Morgan fingerprint density at radius 3 is 2.00 bits per heavy atom. The van der Waals surface area contributed by atoms with Crippen molar-refractivity contribution < 1.29 is 9.16 Å². The maximum Gasteiger partial charge on any atom is 0.200 e. The van der Waals surface area contributed by atoms with Gasteiger partial charge in [-0.1, -0.05) is 78.0 Å². The molecule has 0 heterocycles. The molecule has 0 aliphatic heterocycles. The molecule has 1 aromatic rings. The highest BCUT2D eigenvalue weighted by molar-refractivity contribution is 6.77. The summed E-state index contributed by atoms with van der Waals surface area (Å²) < 4.78 is 12.8. The van der Waals surface area contributed by atoms with E-state index in [2.05, 4.69) is 60.3 Å². The number of rotatable bonds is 12. The van der Waals surface area contributed by atoms with Crippen LogP contribution in [0.2, 0.25) is 16.6 Å². The minimum Gasteiger partial charge on any atom is -0.411 e. The smallest absolute Gasteiger partial charge is 0.200 e. The van der Waals surface area contributed by atoms with Crippen molar-refractivity contribution in [2.24, 2.45) is 5.73 Å². The zero-order chi connectivity index (χ0) is 19.7. The molecule has 2 N–H and O–H groups in total. The molecule has 0 aliphatic carbocycles. The molecule has 0 radical (unpaired) electrons. The lowest BCUT2D eigenvalue weighted by molar-refractivity contribution is 0.0588. The second-order valence-corrected chi connectivity index (χ2v) is 13.6. The highest BCUT2D eigenvalue weighted by Crippen LogP contribution is 2.43. The first kappa shape index (κ1) is 23.1. The van der Waals surface area contributed by atoms with Crippen molar-refractivity contribution in [3.8, 4) is 0 Å². The van der Waals surface area contributed by atoms with Gasteiger partial charge in [0, 0.05) is 0 Å². The van der Waals surface area contributed by atoms with Gasteiger partial charge in [0.05, 0.1) is 25.4 Å². The summed E-state index contributed by atoms with van der Waals surface area (Å²) in [4.78, 5) is 0. The van der Waals surface area contributed by atoms with Crippen LogP contribution in [0.3, 0.4) is 0 Å². The molecule has 0 aromatic heterocycles. The highest BCUT2D eigenvalue weighted by atomic mass is 28.4. The summed E-state index contributed by atoms with van der Waals surface area (Å²) in [5.41, 5.74) is 9.27. The number of nitrogens with two attached hydrogens (primary N) is 1. The summed E-state index contributed by atoms with van der Waals surface area (Å²) in [6.07, 6.45) is 2.64. The molecule has 0 spiro atoms. The Labute approximate surface area is 162 Å². The summed E-state index contributed by atoms with van der Waals surface area (Å²) in [6.45, 7) is 18.8. The molecule has 0 saturated heterocycles. The van der Waals surface area contributed by atoms with Gasteiger partial charge in [-0.15, -0.1) is 6.58 Å². The molecule has 0 saturated carbocycles. The third kappa shape index (κ3) is 6.05. The van der Waals surface area contributed by atoms with E-state index in [1.54, 1.807) is 0 Å². The second kappa shape index (κ2) is 11.0. The minimum absolute atomic E-state index is 0.0397. The SMILES string of the molecule is C=CC[C@H](O[Si](C(C)C)(C(C)C)C(C)C)[C@@H](N)COCc1ccccc1. The lowest BCUT2D eigenvalue weighted by Gasteiger charge is -2.45. The lowest BCUT2D eigenvalue weighted by Crippen LogP contribution is -2.54. The second-order valence-electron chi connectivity index (χ2n) is 8.16. The monoisotopic (exact) mass is 377 g/mol. The molecule has 0 fully saturated rings. The van der Waals surface area contributed by atoms with E-state index in [1.807, 2.05) is 24.3 Å². The average molecular weight is 378 g/mol. The quantitative estimate of drug-likeness (QED) is 0.377. The molecular weight excluding hydrogens is 338 g/mol. The Bertz CT molecular complexity index is 494. The molecule has 0 amide bonds. The third-order valence-corrected chi connectivity index (χ3v) is 11.5. The molecule has 0 aliphatic rings. The Kier molecular flexibility index (Phi) is 9.80. The van der Waals surface area contributed by atoms with Crippen molar-refractivity contribution in [2.75, 3.05) is 6.61 Å². The zero-order valence-corrected chi connectivity index (χ0v) is 18.6. The van der Waals surface area contributed by atoms with Crippen molar-refractivity contribution in [1.29, 1.82) is 0 Å². The van der Waals surface area contributed by atoms with Crippen LogP contribution in [-0.4, -0.2) is 27.1 Å². The topological polar surface area (TPSA) is 44.5 Å². The van der Waals surface area contributed by atoms with Crippen molar-refractivity contribution in [1.82, 2.24) is 0 Å². The molecule has 1 rings (SSSR count). The largest absolute Gasteiger partial charge is 0.411 e. The van der Waals surface area contributed by atoms with Crippen molar-refractivity contribution in [2.45, 2.75) is 83.3 Å². The lowest BCUT2D eigenvalue weighted by atomic mass is 10.1. The Balaban J connectivity index is 2.79. The van der Waals surface area contributed by atoms with Crippen LogP contribution < -0.4 is 5.73 Å². The summed E-state index contributed by atoms with van der Waals surface area (Å²) in [5, 5.41) is 0. The summed E-state index contributed by atoms with van der Waals surface area (Å²) in [7, 11) is -1.98. The molecule has 26 heavy (non-hydrogen) atoms. The van der Waals surface area contributed by atoms with Crippen molar-refractivity contribution in [3.05, 3.63) is 48.6 Å². The van der Waals surface area contributed by atoms with Gasteiger partial charge >= 0.3 is 0 Å². The number of hydrogen-bond donors (Lipinski definition) is 1. The van der Waals surface area contributed by atoms with E-state index in [4.69, 9.17) is 14.9 Å². The van der Waals surface area contributed by atoms with Gasteiger partial charge in [0.2, 0.25) is 8.32 Å². The minimum atomic E-state index is -1.98. The van der Waals surface area contributed by atoms with Crippen LogP contribution in [-0.2, 0) is 15.8 Å². The normalized spacial score (nSPS) is 14.8. The molecule has 148 valence electrons. The number of hydrogen-bond acceptors (Lipinski definition) is 3. The van der Waals surface area contributed by atoms with Gasteiger partial charge < -0.3 is 14.9 Å². The Morgan fingerprint density at radius 2 is 1.54 bits per heavy atom. The first-order valence-corrected chi connectivity index (χ1v) is 12.1. The standard InChI is InChI=1S/C22H39NO2Si/c1-8-12-22(25-26(17(2)3,18(4)5)19(6)7)21(23)16-24-15-20-13-10-9-11-14-20/h8-11,13-14,17-19,21-22H,1,12,15-16,23H2,2-7H3/t21-,22-/m0/s1. The van der Waals surface area contributed by atoms with E-state index >= 15 is 0 Å². The van der Waals surface area contributed by atoms with Crippen LogP contribution in [0.5, 0.6) is 0 Å². The van der Waals surface area contributed by atoms with E-state index in [0.717, 1.165) is 12.0 Å². The van der Waals surface area contributed by atoms with Crippen LogP contribution >= 0.6 is 0 Å². The zero-order valence-electron chi connectivity index (χ0n) is 17.6. The summed E-state index contributed by atoms with van der Waals surface area (Å²) >= 11 is 0. The predicted molar refractivity (Wildman–Crippen MR) is 115 cm³/mol. The van der Waals surface area contributed by atoms with E-state index in [0.29, 0.717) is 29.8 Å². The predicted octanol–water partition coefficient (Wildman–Crippen LogP) is 5.67. The van der Waals surface area contributed by atoms with Crippen LogP contribution in [0.4, 0.5) is 0 Å². The van der Waals surface area contributed by atoms with Crippen LogP contribution in [0.1, 0.15) is 53.5 Å². The maximum atomic E-state index is 6.89. The van der Waals surface area contributed by atoms with Crippen molar-refractivity contribution >= 4 is 8.32 Å². The first-order chi connectivity index (χ1) is 12.3. The molecule has 1 aromatic carbocycles. The third-order valence-electron chi connectivity index (χ3n) is 5.36. The highest BCUT2D eigenvalue weighted by Gasteiger charge is 2.47. The Hall–Kier alpha value is -0.943. The van der Waals surface area contributed by atoms with E-state index in [-0.39, 0.29) is 12.1 Å². The molecule has 2 atom stereocenters. The fraction of sp³-hybridized carbons (Fsp3) is 0.636. The van der Waals surface area contributed by atoms with Crippen LogP contribution in [0.25, 0.3) is 0 Å². The summed E-state index contributed by atoms with van der Waals surface area (Å²) in [6, 6.07) is 10.0. The van der Waals surface area contributed by atoms with E-state index in [9.17, 15) is 0 Å². The molecule has 4 heteroatoms. The van der Waals surface area contributed by atoms with Gasteiger partial charge in [0.15, 0.2) is 0 Å². The van der Waals surface area contributed by atoms with Gasteiger partial charge in [-0.05, 0) is 28.6 Å². The van der Waals surface area contributed by atoms with Gasteiger partial charge in [-0.25, -0.2) is 0 Å². The fourth-order valence-electron chi connectivity index (χ4n) is 4.14. The fourth-order valence-corrected chi connectivity index (χ4v) is 9.75. The van der Waals surface area contributed by atoms with Crippen LogP contribution in [0.15, 0.2) is 43.0 Å². The van der Waals surface area contributed by atoms with Gasteiger partial charge in [-0.3, -0.25) is 0 Å². The van der Waals surface area contributed by atoms with Crippen molar-refractivity contribution in [3.63, 3.8) is 0 Å². The first-order valence-electron chi connectivity index (χ1n) is 9.91. The van der Waals surface area contributed by atoms with E-state index in [1.165, 1.54) is 0 Å². The average Bonchev–Trinajstić information content (AvgIpc) is 2.58. The number of benzene rings is 1. The van der Waals surface area contributed by atoms with Crippen LogP contribution in [0, 0.1) is 0 Å². The van der Waals surface area contributed by atoms with Gasteiger partial charge in [0.1, 0.15) is 0 Å². The van der Waals surface area contributed by atoms with Gasteiger partial charge in [-0.2, -0.15) is 0 Å². The summed E-state index contributed by atoms with van der Waals surface area (Å²) in [5.74, 6) is 0. The maximum absolute atomic E-state index is 6.89. The molecule has 0 unspecified atom stereocenters. The molecule has 3 nitrogen and oxygen atoms in total. The molecule has 0 bridgehead atoms. The Morgan fingerprint density at radius 1 is 1.00 bits per heavy atom. The number of ether oxygens (including phenoxy) is 1. The van der Waals surface area contributed by atoms with Gasteiger partial charge in [0.25, 0.3) is 0 Å². The molecular formula is C22H39NO2Si.